The van der Waals surface area contributed by atoms with Crippen LogP contribution in [0.3, 0.4) is 0 Å². The summed E-state index contributed by atoms with van der Waals surface area (Å²) in [7, 11) is -1.36. The second kappa shape index (κ2) is 5.63. The van der Waals surface area contributed by atoms with Crippen LogP contribution in [-0.4, -0.2) is 4.21 Å². The highest BCUT2D eigenvalue weighted by Crippen LogP contribution is 2.23. The van der Waals surface area contributed by atoms with Gasteiger partial charge >= 0.3 is 0 Å². The summed E-state index contributed by atoms with van der Waals surface area (Å²) in [5.41, 5.74) is 6.96. The molecule has 0 fully saturated rings. The molecular formula is C13H11BrFNOS. The lowest BCUT2D eigenvalue weighted by molar-refractivity contribution is 0.623. The summed E-state index contributed by atoms with van der Waals surface area (Å²) in [6, 6.07) is 11.4. The van der Waals surface area contributed by atoms with Crippen LogP contribution in [0.4, 0.5) is 10.1 Å². The molecule has 0 aliphatic rings. The molecule has 0 radical (unpaired) electrons. The van der Waals surface area contributed by atoms with Gasteiger partial charge in [0.2, 0.25) is 0 Å². The van der Waals surface area contributed by atoms with Crippen molar-refractivity contribution in [2.24, 2.45) is 0 Å². The highest BCUT2D eigenvalue weighted by atomic mass is 79.9. The van der Waals surface area contributed by atoms with E-state index in [1.165, 1.54) is 18.2 Å². The number of anilines is 1. The number of nitrogens with two attached hydrogens (primary N) is 1. The summed E-state index contributed by atoms with van der Waals surface area (Å²) in [5.74, 6) is -0.130. The third-order valence-corrected chi connectivity index (χ3v) is 4.66. The van der Waals surface area contributed by atoms with Gasteiger partial charge in [0.1, 0.15) is 5.82 Å². The van der Waals surface area contributed by atoms with E-state index in [4.69, 9.17) is 5.73 Å². The van der Waals surface area contributed by atoms with Crippen molar-refractivity contribution in [2.45, 2.75) is 10.6 Å². The first kappa shape index (κ1) is 13.2. The molecule has 0 spiro atoms. The third-order valence-electron chi connectivity index (χ3n) is 2.47. The summed E-state index contributed by atoms with van der Waals surface area (Å²) in [4.78, 5) is 0.339. The largest absolute Gasteiger partial charge is 0.398 e. The molecule has 18 heavy (non-hydrogen) atoms. The second-order valence-electron chi connectivity index (χ2n) is 3.76. The van der Waals surface area contributed by atoms with Gasteiger partial charge in [-0.1, -0.05) is 34.1 Å². The molecule has 0 amide bonds. The Labute approximate surface area is 116 Å². The topological polar surface area (TPSA) is 43.1 Å². The normalized spacial score (nSPS) is 12.3. The lowest BCUT2D eigenvalue weighted by Crippen LogP contribution is -2.02. The maximum atomic E-state index is 13.1. The Morgan fingerprint density at radius 1 is 1.22 bits per heavy atom. The zero-order chi connectivity index (χ0) is 13.1. The summed E-state index contributed by atoms with van der Waals surface area (Å²) >= 11 is 3.39. The Hall–Kier alpha value is -1.20. The van der Waals surface area contributed by atoms with Crippen LogP contribution in [0.2, 0.25) is 0 Å². The molecule has 0 saturated carbocycles. The molecule has 0 aliphatic heterocycles. The molecule has 0 saturated heterocycles. The number of halogens is 2. The van der Waals surface area contributed by atoms with Gasteiger partial charge in [-0.25, -0.2) is 4.39 Å². The van der Waals surface area contributed by atoms with Gasteiger partial charge in [0, 0.05) is 10.2 Å². The number of hydrogen-bond acceptors (Lipinski definition) is 2. The Balaban J connectivity index is 2.28. The van der Waals surface area contributed by atoms with Crippen LogP contribution in [0, 0.1) is 5.82 Å². The lowest BCUT2D eigenvalue weighted by Gasteiger charge is -2.07. The highest BCUT2D eigenvalue weighted by Gasteiger charge is 2.11. The van der Waals surface area contributed by atoms with Crippen LogP contribution >= 0.6 is 15.9 Å². The van der Waals surface area contributed by atoms with Crippen molar-refractivity contribution < 1.29 is 8.60 Å². The molecule has 0 aromatic heterocycles. The molecule has 5 heteroatoms. The van der Waals surface area contributed by atoms with E-state index in [0.29, 0.717) is 16.3 Å². The standard InChI is InChI=1S/C13H11BrFNOS/c14-11-4-2-1-3-9(11)8-18(17)13-7-10(15)5-6-12(13)16/h1-7H,8,16H2. The summed E-state index contributed by atoms with van der Waals surface area (Å²) < 4.78 is 26.2. The van der Waals surface area contributed by atoms with E-state index in [-0.39, 0.29) is 0 Å². The first-order valence-corrected chi connectivity index (χ1v) is 7.36. The van der Waals surface area contributed by atoms with E-state index in [1.54, 1.807) is 0 Å². The molecule has 0 bridgehead atoms. The molecule has 2 N–H and O–H groups in total. The minimum atomic E-state index is -1.36. The van der Waals surface area contributed by atoms with Gasteiger partial charge in [-0.3, -0.25) is 4.21 Å². The van der Waals surface area contributed by atoms with Crippen LogP contribution in [-0.2, 0) is 16.6 Å². The van der Waals surface area contributed by atoms with Crippen LogP contribution in [0.25, 0.3) is 0 Å². The fourth-order valence-corrected chi connectivity index (χ4v) is 3.42. The highest BCUT2D eigenvalue weighted by molar-refractivity contribution is 9.10. The van der Waals surface area contributed by atoms with Crippen LogP contribution in [0.1, 0.15) is 5.56 Å². The van der Waals surface area contributed by atoms with Crippen molar-refractivity contribution in [2.75, 3.05) is 5.73 Å². The molecular weight excluding hydrogens is 317 g/mol. The van der Waals surface area contributed by atoms with Gasteiger partial charge in [-0.05, 0) is 29.8 Å². The first-order valence-electron chi connectivity index (χ1n) is 5.25. The monoisotopic (exact) mass is 327 g/mol. The van der Waals surface area contributed by atoms with Crippen molar-refractivity contribution in [3.05, 3.63) is 58.3 Å². The average molecular weight is 328 g/mol. The quantitative estimate of drug-likeness (QED) is 0.877. The Kier molecular flexibility index (Phi) is 4.14. The Bertz CT molecular complexity index is 603. The van der Waals surface area contributed by atoms with Gasteiger partial charge in [-0.2, -0.15) is 0 Å². The molecule has 2 rings (SSSR count). The summed E-state index contributed by atoms with van der Waals surface area (Å²) in [5, 5.41) is 0. The van der Waals surface area contributed by atoms with Crippen molar-refractivity contribution in [1.29, 1.82) is 0 Å². The SMILES string of the molecule is Nc1ccc(F)cc1S(=O)Cc1ccccc1Br. The van der Waals surface area contributed by atoms with Gasteiger partial charge < -0.3 is 5.73 Å². The van der Waals surface area contributed by atoms with Gasteiger partial charge in [0.15, 0.2) is 0 Å². The predicted octanol–water partition coefficient (Wildman–Crippen LogP) is 3.48. The third kappa shape index (κ3) is 2.97. The van der Waals surface area contributed by atoms with E-state index in [2.05, 4.69) is 15.9 Å². The fourth-order valence-electron chi connectivity index (χ4n) is 1.54. The minimum Gasteiger partial charge on any atom is -0.398 e. The van der Waals surface area contributed by atoms with Gasteiger partial charge in [-0.15, -0.1) is 0 Å². The van der Waals surface area contributed by atoms with Crippen LogP contribution in [0.15, 0.2) is 51.8 Å². The number of benzene rings is 2. The molecule has 0 aliphatic carbocycles. The van der Waals surface area contributed by atoms with Crippen molar-refractivity contribution in [3.8, 4) is 0 Å². The van der Waals surface area contributed by atoms with Gasteiger partial charge in [0.05, 0.1) is 21.4 Å². The first-order chi connectivity index (χ1) is 8.58. The smallest absolute Gasteiger partial charge is 0.124 e. The van der Waals surface area contributed by atoms with Gasteiger partial charge in [0.25, 0.3) is 0 Å². The maximum absolute atomic E-state index is 13.1. The van der Waals surface area contributed by atoms with E-state index in [1.807, 2.05) is 24.3 Å². The maximum Gasteiger partial charge on any atom is 0.124 e. The lowest BCUT2D eigenvalue weighted by atomic mass is 10.2. The number of rotatable bonds is 3. The van der Waals surface area contributed by atoms with Crippen molar-refractivity contribution >= 4 is 32.4 Å². The van der Waals surface area contributed by atoms with E-state index < -0.39 is 16.6 Å². The molecule has 1 atom stereocenters. The fraction of sp³-hybridized carbons (Fsp3) is 0.0769. The average Bonchev–Trinajstić information content (AvgIpc) is 2.35. The summed E-state index contributed by atoms with van der Waals surface area (Å²) in [6.07, 6.45) is 0. The summed E-state index contributed by atoms with van der Waals surface area (Å²) in [6.45, 7) is 0. The second-order valence-corrected chi connectivity index (χ2v) is 6.04. The molecule has 1 unspecified atom stereocenters. The van der Waals surface area contributed by atoms with E-state index in [9.17, 15) is 8.60 Å². The Morgan fingerprint density at radius 2 is 1.94 bits per heavy atom. The molecule has 94 valence electrons. The number of hydrogen-bond donors (Lipinski definition) is 1. The zero-order valence-electron chi connectivity index (χ0n) is 9.40. The van der Waals surface area contributed by atoms with Crippen LogP contribution in [0.5, 0.6) is 0 Å². The Morgan fingerprint density at radius 3 is 2.67 bits per heavy atom. The minimum absolute atomic E-state index is 0.301. The van der Waals surface area contributed by atoms with Crippen molar-refractivity contribution in [3.63, 3.8) is 0 Å². The van der Waals surface area contributed by atoms with Crippen molar-refractivity contribution in [1.82, 2.24) is 0 Å². The molecule has 2 aromatic rings. The number of nitrogen functional groups attached to an aromatic ring is 1. The zero-order valence-corrected chi connectivity index (χ0v) is 11.8. The molecule has 0 heterocycles. The molecule has 2 aromatic carbocycles. The van der Waals surface area contributed by atoms with E-state index >= 15 is 0 Å². The van der Waals surface area contributed by atoms with E-state index in [0.717, 1.165) is 10.0 Å². The molecule has 2 nitrogen and oxygen atoms in total. The van der Waals surface area contributed by atoms with Crippen LogP contribution < -0.4 is 5.73 Å². The predicted molar refractivity (Wildman–Crippen MR) is 75.1 cm³/mol.